The van der Waals surface area contributed by atoms with E-state index in [4.69, 9.17) is 0 Å². The molecule has 0 saturated carbocycles. The molecule has 1 aromatic carbocycles. The van der Waals surface area contributed by atoms with E-state index in [1.165, 1.54) is 23.1 Å². The second-order valence-electron chi connectivity index (χ2n) is 8.21. The first-order chi connectivity index (χ1) is 14.8. The average Bonchev–Trinajstić information content (AvgIpc) is 3.19. The fraction of sp³-hybridized carbons (Fsp3) is 0.455. The summed E-state index contributed by atoms with van der Waals surface area (Å²) in [6.07, 6.45) is 0. The van der Waals surface area contributed by atoms with Crippen LogP contribution in [0.4, 0.5) is 20.7 Å². The quantitative estimate of drug-likeness (QED) is 0.813. The first kappa shape index (κ1) is 21.0. The van der Waals surface area contributed by atoms with E-state index in [0.29, 0.717) is 45.0 Å². The average molecular weight is 426 g/mol. The van der Waals surface area contributed by atoms with Crippen molar-refractivity contribution < 1.29 is 14.0 Å². The van der Waals surface area contributed by atoms with Gasteiger partial charge < -0.3 is 15.1 Å². The maximum absolute atomic E-state index is 14.5. The molecule has 3 heterocycles. The van der Waals surface area contributed by atoms with Gasteiger partial charge in [-0.15, -0.1) is 0 Å². The zero-order valence-electron chi connectivity index (χ0n) is 18.1. The molecule has 9 heteroatoms. The standard InChI is InChI=1S/C22H27FN6O2/c1-14(2)20-25-15(3)12-19(26-20)27-8-10-28(11-9-27)21(30)17-13-16(4-5-18(17)23)29-7-6-24-22(29)31/h4-5,12-14H,6-11H2,1-3H3,(H,24,31). The summed E-state index contributed by atoms with van der Waals surface area (Å²) in [6, 6.07) is 5.96. The van der Waals surface area contributed by atoms with Crippen LogP contribution in [0.3, 0.4) is 0 Å². The van der Waals surface area contributed by atoms with Gasteiger partial charge in [0.15, 0.2) is 0 Å². The predicted octanol–water partition coefficient (Wildman–Crippen LogP) is 2.54. The van der Waals surface area contributed by atoms with Crippen molar-refractivity contribution in [3.05, 3.63) is 47.2 Å². The number of nitrogens with zero attached hydrogens (tertiary/aromatic N) is 5. The Bertz CT molecular complexity index is 1000. The van der Waals surface area contributed by atoms with Crippen molar-refractivity contribution in [3.8, 4) is 0 Å². The molecule has 1 aromatic heterocycles. The third-order valence-corrected chi connectivity index (χ3v) is 5.61. The van der Waals surface area contributed by atoms with Crippen LogP contribution in [0.15, 0.2) is 24.3 Å². The first-order valence-corrected chi connectivity index (χ1v) is 10.6. The number of hydrogen-bond donors (Lipinski definition) is 1. The summed E-state index contributed by atoms with van der Waals surface area (Å²) >= 11 is 0. The van der Waals surface area contributed by atoms with Crippen molar-refractivity contribution >= 4 is 23.4 Å². The van der Waals surface area contributed by atoms with Crippen molar-refractivity contribution in [1.82, 2.24) is 20.2 Å². The summed E-state index contributed by atoms with van der Waals surface area (Å²) in [5.41, 5.74) is 1.43. The number of aromatic nitrogens is 2. The molecule has 2 aliphatic heterocycles. The van der Waals surface area contributed by atoms with E-state index < -0.39 is 5.82 Å². The molecule has 0 aliphatic carbocycles. The van der Waals surface area contributed by atoms with Crippen LogP contribution >= 0.6 is 0 Å². The normalized spacial score (nSPS) is 16.8. The van der Waals surface area contributed by atoms with Crippen LogP contribution < -0.4 is 15.1 Å². The minimum absolute atomic E-state index is 0.00868. The molecule has 1 N–H and O–H groups in total. The molecule has 0 atom stereocenters. The Morgan fingerprint density at radius 1 is 1.10 bits per heavy atom. The Hall–Kier alpha value is -3.23. The van der Waals surface area contributed by atoms with Crippen LogP contribution in [0.2, 0.25) is 0 Å². The third kappa shape index (κ3) is 4.30. The fourth-order valence-corrected chi connectivity index (χ4v) is 3.87. The lowest BCUT2D eigenvalue weighted by molar-refractivity contribution is 0.0741. The number of benzene rings is 1. The molecule has 2 aliphatic rings. The van der Waals surface area contributed by atoms with Gasteiger partial charge in [-0.1, -0.05) is 13.8 Å². The van der Waals surface area contributed by atoms with Crippen molar-refractivity contribution in [2.75, 3.05) is 49.1 Å². The molecule has 2 fully saturated rings. The van der Waals surface area contributed by atoms with Gasteiger partial charge in [-0.05, 0) is 25.1 Å². The molecule has 0 radical (unpaired) electrons. The summed E-state index contributed by atoms with van der Waals surface area (Å²) in [4.78, 5) is 39.4. The maximum atomic E-state index is 14.5. The Kier molecular flexibility index (Phi) is 5.75. The number of aryl methyl sites for hydroxylation is 1. The Morgan fingerprint density at radius 2 is 1.84 bits per heavy atom. The highest BCUT2D eigenvalue weighted by Crippen LogP contribution is 2.23. The maximum Gasteiger partial charge on any atom is 0.321 e. The molecule has 0 bridgehead atoms. The molecule has 3 amide bonds. The number of nitrogens with one attached hydrogen (secondary N) is 1. The summed E-state index contributed by atoms with van der Waals surface area (Å²) in [6.45, 7) is 9.24. The van der Waals surface area contributed by atoms with Crippen LogP contribution in [0, 0.1) is 12.7 Å². The number of amides is 3. The lowest BCUT2D eigenvalue weighted by Gasteiger charge is -2.35. The van der Waals surface area contributed by atoms with Gasteiger partial charge in [-0.2, -0.15) is 0 Å². The number of urea groups is 1. The highest BCUT2D eigenvalue weighted by molar-refractivity contribution is 5.98. The monoisotopic (exact) mass is 426 g/mol. The van der Waals surface area contributed by atoms with Gasteiger partial charge in [0.05, 0.1) is 5.56 Å². The molecule has 31 heavy (non-hydrogen) atoms. The molecule has 0 spiro atoms. The van der Waals surface area contributed by atoms with Crippen molar-refractivity contribution in [3.63, 3.8) is 0 Å². The van der Waals surface area contributed by atoms with E-state index in [1.54, 1.807) is 4.90 Å². The van der Waals surface area contributed by atoms with Crippen molar-refractivity contribution in [2.45, 2.75) is 26.7 Å². The Labute approximate surface area is 181 Å². The summed E-state index contributed by atoms with van der Waals surface area (Å²) in [7, 11) is 0. The highest BCUT2D eigenvalue weighted by Gasteiger charge is 2.27. The fourth-order valence-electron chi connectivity index (χ4n) is 3.87. The van der Waals surface area contributed by atoms with Crippen molar-refractivity contribution in [2.24, 2.45) is 0 Å². The highest BCUT2D eigenvalue weighted by atomic mass is 19.1. The Balaban J connectivity index is 1.47. The van der Waals surface area contributed by atoms with Crippen molar-refractivity contribution in [1.29, 1.82) is 0 Å². The number of rotatable bonds is 4. The molecule has 4 rings (SSSR count). The molecule has 2 aromatic rings. The molecular weight excluding hydrogens is 399 g/mol. The van der Waals surface area contributed by atoms with E-state index >= 15 is 0 Å². The smallest absolute Gasteiger partial charge is 0.321 e. The van der Waals surface area contributed by atoms with E-state index in [9.17, 15) is 14.0 Å². The number of hydrogen-bond acceptors (Lipinski definition) is 5. The van der Waals surface area contributed by atoms with Crippen LogP contribution in [0.5, 0.6) is 0 Å². The third-order valence-electron chi connectivity index (χ3n) is 5.61. The largest absolute Gasteiger partial charge is 0.353 e. The zero-order valence-corrected chi connectivity index (χ0v) is 18.1. The number of piperazine rings is 1. The lowest BCUT2D eigenvalue weighted by Crippen LogP contribution is -2.49. The van der Waals surface area contributed by atoms with Gasteiger partial charge in [-0.25, -0.2) is 19.2 Å². The van der Waals surface area contributed by atoms with Gasteiger partial charge >= 0.3 is 6.03 Å². The minimum Gasteiger partial charge on any atom is -0.353 e. The van der Waals surface area contributed by atoms with Crippen LogP contribution in [0.25, 0.3) is 0 Å². The molecule has 164 valence electrons. The van der Waals surface area contributed by atoms with Crippen LogP contribution in [-0.4, -0.2) is 66.1 Å². The van der Waals surface area contributed by atoms with Crippen LogP contribution in [-0.2, 0) is 0 Å². The zero-order chi connectivity index (χ0) is 22.1. The van der Waals surface area contributed by atoms with Gasteiger partial charge in [0, 0.05) is 62.6 Å². The molecule has 2 saturated heterocycles. The summed E-state index contributed by atoms with van der Waals surface area (Å²) in [5, 5.41) is 2.71. The van der Waals surface area contributed by atoms with E-state index in [0.717, 1.165) is 17.3 Å². The molecular formula is C22H27FN6O2. The first-order valence-electron chi connectivity index (χ1n) is 10.6. The van der Waals surface area contributed by atoms with E-state index in [1.807, 2.05) is 13.0 Å². The minimum atomic E-state index is -0.580. The Morgan fingerprint density at radius 3 is 2.48 bits per heavy atom. The second kappa shape index (κ2) is 8.49. The van der Waals surface area contributed by atoms with E-state index in [2.05, 4.69) is 34.0 Å². The molecule has 0 unspecified atom stereocenters. The van der Waals surface area contributed by atoms with Gasteiger partial charge in [0.2, 0.25) is 0 Å². The van der Waals surface area contributed by atoms with Gasteiger partial charge in [-0.3, -0.25) is 9.69 Å². The number of anilines is 2. The van der Waals surface area contributed by atoms with Crippen LogP contribution in [0.1, 0.15) is 41.6 Å². The van der Waals surface area contributed by atoms with Gasteiger partial charge in [0.25, 0.3) is 5.91 Å². The lowest BCUT2D eigenvalue weighted by atomic mass is 10.1. The molecule has 8 nitrogen and oxygen atoms in total. The SMILES string of the molecule is Cc1cc(N2CCN(C(=O)c3cc(N4CCNC4=O)ccc3F)CC2)nc(C(C)C)n1. The van der Waals surface area contributed by atoms with Gasteiger partial charge in [0.1, 0.15) is 17.5 Å². The topological polar surface area (TPSA) is 81.7 Å². The second-order valence-corrected chi connectivity index (χ2v) is 8.21. The van der Waals surface area contributed by atoms with E-state index in [-0.39, 0.29) is 23.4 Å². The summed E-state index contributed by atoms with van der Waals surface area (Å²) in [5.74, 6) is 0.952. The number of carbonyl (C=O) groups excluding carboxylic acids is 2. The summed E-state index contributed by atoms with van der Waals surface area (Å²) < 4.78 is 14.5. The number of halogens is 1. The predicted molar refractivity (Wildman–Crippen MR) is 116 cm³/mol. The number of carbonyl (C=O) groups is 2.